The number of hydrogen-bond donors (Lipinski definition) is 2. The SMILES string of the molecule is Cc1nn(C)cc1C(=O)NC1CCCCCCC1C(=O)O. The van der Waals surface area contributed by atoms with E-state index >= 15 is 0 Å². The number of hydrogen-bond acceptors (Lipinski definition) is 3. The lowest BCUT2D eigenvalue weighted by atomic mass is 9.86. The molecule has 0 radical (unpaired) electrons. The van der Waals surface area contributed by atoms with Crippen molar-refractivity contribution in [3.8, 4) is 0 Å². The number of nitrogens with zero attached hydrogens (tertiary/aromatic N) is 2. The topological polar surface area (TPSA) is 84.2 Å². The maximum atomic E-state index is 12.4. The summed E-state index contributed by atoms with van der Waals surface area (Å²) in [6.07, 6.45) is 7.07. The van der Waals surface area contributed by atoms with E-state index < -0.39 is 11.9 Å². The molecule has 6 nitrogen and oxygen atoms in total. The van der Waals surface area contributed by atoms with Gasteiger partial charge in [0.2, 0.25) is 0 Å². The molecule has 0 spiro atoms. The van der Waals surface area contributed by atoms with Crippen LogP contribution < -0.4 is 5.32 Å². The van der Waals surface area contributed by atoms with Crippen molar-refractivity contribution in [1.29, 1.82) is 0 Å². The van der Waals surface area contributed by atoms with Crippen LogP contribution in [0.3, 0.4) is 0 Å². The molecular weight excluding hydrogens is 270 g/mol. The molecule has 2 N–H and O–H groups in total. The van der Waals surface area contributed by atoms with Gasteiger partial charge >= 0.3 is 5.97 Å². The van der Waals surface area contributed by atoms with E-state index in [9.17, 15) is 14.7 Å². The van der Waals surface area contributed by atoms with Gasteiger partial charge in [-0.3, -0.25) is 14.3 Å². The van der Waals surface area contributed by atoms with Gasteiger partial charge in [-0.1, -0.05) is 25.7 Å². The minimum atomic E-state index is -0.815. The van der Waals surface area contributed by atoms with E-state index in [4.69, 9.17) is 0 Å². The van der Waals surface area contributed by atoms with Crippen molar-refractivity contribution in [1.82, 2.24) is 15.1 Å². The monoisotopic (exact) mass is 293 g/mol. The first-order valence-corrected chi connectivity index (χ1v) is 7.53. The van der Waals surface area contributed by atoms with Gasteiger partial charge in [0.15, 0.2) is 0 Å². The van der Waals surface area contributed by atoms with E-state index in [1.54, 1.807) is 24.9 Å². The minimum absolute atomic E-state index is 0.225. The molecule has 0 aromatic carbocycles. The van der Waals surface area contributed by atoms with Crippen LogP contribution >= 0.6 is 0 Å². The Morgan fingerprint density at radius 1 is 1.29 bits per heavy atom. The van der Waals surface area contributed by atoms with Gasteiger partial charge in [0.25, 0.3) is 5.91 Å². The first kappa shape index (κ1) is 15.5. The first-order chi connectivity index (χ1) is 9.99. The fourth-order valence-corrected chi connectivity index (χ4v) is 3.02. The van der Waals surface area contributed by atoms with Crippen molar-refractivity contribution in [3.05, 3.63) is 17.5 Å². The Hall–Kier alpha value is -1.85. The third kappa shape index (κ3) is 3.83. The standard InChI is InChI=1S/C15H23N3O3/c1-10-12(9-18(2)17-10)14(19)16-13-8-6-4-3-5-7-11(13)15(20)21/h9,11,13H,3-8H2,1-2H3,(H,16,19)(H,20,21). The predicted molar refractivity (Wildman–Crippen MR) is 78.0 cm³/mol. The lowest BCUT2D eigenvalue weighted by Crippen LogP contribution is -2.44. The molecule has 2 unspecified atom stereocenters. The number of aryl methyl sites for hydroxylation is 2. The number of carboxylic acid groups (broad SMARTS) is 1. The van der Waals surface area contributed by atoms with Gasteiger partial charge < -0.3 is 10.4 Å². The van der Waals surface area contributed by atoms with Crippen molar-refractivity contribution < 1.29 is 14.7 Å². The Morgan fingerprint density at radius 2 is 1.95 bits per heavy atom. The van der Waals surface area contributed by atoms with Crippen LogP contribution in [-0.2, 0) is 11.8 Å². The third-order valence-electron chi connectivity index (χ3n) is 4.16. The van der Waals surface area contributed by atoms with Crippen LogP contribution in [0.25, 0.3) is 0 Å². The Labute approximate surface area is 124 Å². The van der Waals surface area contributed by atoms with Crippen molar-refractivity contribution in [2.24, 2.45) is 13.0 Å². The van der Waals surface area contributed by atoms with Gasteiger partial charge in [0, 0.05) is 19.3 Å². The van der Waals surface area contributed by atoms with Crippen molar-refractivity contribution in [3.63, 3.8) is 0 Å². The second-order valence-corrected chi connectivity index (χ2v) is 5.82. The number of carbonyl (C=O) groups is 2. The normalized spacial score (nSPS) is 23.1. The zero-order valence-electron chi connectivity index (χ0n) is 12.6. The first-order valence-electron chi connectivity index (χ1n) is 7.53. The number of carbonyl (C=O) groups excluding carboxylic acids is 1. The van der Waals surface area contributed by atoms with Crippen molar-refractivity contribution in [2.75, 3.05) is 0 Å². The summed E-state index contributed by atoms with van der Waals surface area (Å²) >= 11 is 0. The fourth-order valence-electron chi connectivity index (χ4n) is 3.02. The van der Waals surface area contributed by atoms with Crippen LogP contribution in [0.1, 0.15) is 54.6 Å². The van der Waals surface area contributed by atoms with E-state index in [1.165, 1.54) is 0 Å². The third-order valence-corrected chi connectivity index (χ3v) is 4.16. The van der Waals surface area contributed by atoms with Crippen molar-refractivity contribution in [2.45, 2.75) is 51.5 Å². The average molecular weight is 293 g/mol. The van der Waals surface area contributed by atoms with Gasteiger partial charge in [-0.25, -0.2) is 0 Å². The van der Waals surface area contributed by atoms with E-state index in [0.29, 0.717) is 17.7 Å². The summed E-state index contributed by atoms with van der Waals surface area (Å²) in [6.45, 7) is 1.78. The highest BCUT2D eigenvalue weighted by Crippen LogP contribution is 2.23. The van der Waals surface area contributed by atoms with Gasteiger partial charge in [-0.05, 0) is 19.8 Å². The van der Waals surface area contributed by atoms with Gasteiger partial charge in [0.1, 0.15) is 0 Å². The molecule has 2 atom stereocenters. The molecule has 116 valence electrons. The van der Waals surface area contributed by atoms with E-state index in [1.807, 2.05) is 0 Å². The predicted octanol–water partition coefficient (Wildman–Crippen LogP) is 1.88. The zero-order valence-corrected chi connectivity index (χ0v) is 12.6. The Bertz CT molecular complexity index is 524. The minimum Gasteiger partial charge on any atom is -0.481 e. The van der Waals surface area contributed by atoms with Crippen LogP contribution in [0.5, 0.6) is 0 Å². The van der Waals surface area contributed by atoms with Crippen LogP contribution in [-0.4, -0.2) is 32.8 Å². The maximum absolute atomic E-state index is 12.4. The molecule has 1 heterocycles. The Morgan fingerprint density at radius 3 is 2.52 bits per heavy atom. The van der Waals surface area contributed by atoms with Crippen LogP contribution in [0.15, 0.2) is 6.20 Å². The molecule has 6 heteroatoms. The molecule has 0 aliphatic heterocycles. The Balaban J connectivity index is 2.11. The summed E-state index contributed by atoms with van der Waals surface area (Å²) in [5.74, 6) is -1.53. The molecular formula is C15H23N3O3. The zero-order chi connectivity index (χ0) is 15.4. The quantitative estimate of drug-likeness (QED) is 0.891. The second-order valence-electron chi connectivity index (χ2n) is 5.82. The smallest absolute Gasteiger partial charge is 0.308 e. The number of amides is 1. The molecule has 1 aliphatic carbocycles. The maximum Gasteiger partial charge on any atom is 0.308 e. The summed E-state index contributed by atoms with van der Waals surface area (Å²) in [5, 5.41) is 16.5. The highest BCUT2D eigenvalue weighted by Gasteiger charge is 2.30. The molecule has 1 saturated carbocycles. The number of aliphatic carboxylic acids is 1. The molecule has 1 aliphatic rings. The lowest BCUT2D eigenvalue weighted by Gasteiger charge is -2.27. The molecule has 1 aromatic rings. The van der Waals surface area contributed by atoms with Crippen LogP contribution in [0, 0.1) is 12.8 Å². The summed E-state index contributed by atoms with van der Waals surface area (Å²) in [4.78, 5) is 23.8. The second kappa shape index (κ2) is 6.74. The largest absolute Gasteiger partial charge is 0.481 e. The molecule has 0 saturated heterocycles. The molecule has 2 rings (SSSR count). The molecule has 0 bridgehead atoms. The summed E-state index contributed by atoms with van der Waals surface area (Å²) in [6, 6.07) is -0.296. The number of carboxylic acids is 1. The fraction of sp³-hybridized carbons (Fsp3) is 0.667. The van der Waals surface area contributed by atoms with Gasteiger partial charge in [-0.2, -0.15) is 5.10 Å². The average Bonchev–Trinajstić information content (AvgIpc) is 2.71. The highest BCUT2D eigenvalue weighted by atomic mass is 16.4. The van der Waals surface area contributed by atoms with Crippen LogP contribution in [0.2, 0.25) is 0 Å². The van der Waals surface area contributed by atoms with Crippen LogP contribution in [0.4, 0.5) is 0 Å². The van der Waals surface area contributed by atoms with E-state index in [-0.39, 0.29) is 11.9 Å². The summed E-state index contributed by atoms with van der Waals surface area (Å²) in [5.41, 5.74) is 1.18. The molecule has 21 heavy (non-hydrogen) atoms. The number of nitrogens with one attached hydrogen (secondary N) is 1. The summed E-state index contributed by atoms with van der Waals surface area (Å²) in [7, 11) is 1.76. The van der Waals surface area contributed by atoms with Gasteiger partial charge in [-0.15, -0.1) is 0 Å². The van der Waals surface area contributed by atoms with Crippen molar-refractivity contribution >= 4 is 11.9 Å². The van der Waals surface area contributed by atoms with E-state index in [2.05, 4.69) is 10.4 Å². The molecule has 1 amide bonds. The van der Waals surface area contributed by atoms with Gasteiger partial charge in [0.05, 0.1) is 17.2 Å². The highest BCUT2D eigenvalue weighted by molar-refractivity contribution is 5.95. The lowest BCUT2D eigenvalue weighted by molar-refractivity contribution is -0.143. The van der Waals surface area contributed by atoms with E-state index in [0.717, 1.165) is 32.1 Å². The number of rotatable bonds is 3. The Kier molecular flexibility index (Phi) is 4.98. The molecule has 1 fully saturated rings. The molecule has 1 aromatic heterocycles. The number of aromatic nitrogens is 2. The summed E-state index contributed by atoms with van der Waals surface area (Å²) < 4.78 is 1.59.